The van der Waals surface area contributed by atoms with Crippen molar-refractivity contribution in [1.29, 1.82) is 0 Å². The maximum atomic E-state index is 11.9. The Hall–Kier alpha value is -2.44. The molecule has 1 aromatic rings. The minimum Gasteiger partial charge on any atom is -0.493 e. The second-order valence-corrected chi connectivity index (χ2v) is 5.79. The fraction of sp³-hybridized carbons (Fsp3) is 0.500. The van der Waals surface area contributed by atoms with Gasteiger partial charge < -0.3 is 19.5 Å². The molecule has 2 amide bonds. The lowest BCUT2D eigenvalue weighted by Crippen LogP contribution is -2.52. The van der Waals surface area contributed by atoms with Gasteiger partial charge in [-0.25, -0.2) is 4.79 Å². The molecule has 1 heterocycles. The van der Waals surface area contributed by atoms with E-state index < -0.39 is 5.54 Å². The normalized spacial score (nSPS) is 14.4. The van der Waals surface area contributed by atoms with Crippen LogP contribution in [0.2, 0.25) is 0 Å². The summed E-state index contributed by atoms with van der Waals surface area (Å²) in [6, 6.07) is 7.12. The Balaban J connectivity index is 1.82. The van der Waals surface area contributed by atoms with Crippen molar-refractivity contribution in [2.75, 3.05) is 33.4 Å². The Labute approximate surface area is 135 Å². The van der Waals surface area contributed by atoms with Gasteiger partial charge in [0.1, 0.15) is 6.61 Å². The first kappa shape index (κ1) is 16.9. The average Bonchev–Trinajstić information content (AvgIpc) is 2.98. The van der Waals surface area contributed by atoms with Crippen LogP contribution in [0.5, 0.6) is 11.5 Å². The van der Waals surface area contributed by atoms with Crippen LogP contribution in [0.25, 0.3) is 0 Å². The highest BCUT2D eigenvalue weighted by molar-refractivity contribution is 5.78. The Morgan fingerprint density at radius 1 is 1.35 bits per heavy atom. The van der Waals surface area contributed by atoms with Gasteiger partial charge in [-0.05, 0) is 26.0 Å². The van der Waals surface area contributed by atoms with Crippen LogP contribution in [-0.2, 0) is 9.53 Å². The zero-order chi connectivity index (χ0) is 16.9. The first-order valence-corrected chi connectivity index (χ1v) is 7.41. The summed E-state index contributed by atoms with van der Waals surface area (Å²) in [6.07, 6.45) is -0.352. The maximum absolute atomic E-state index is 11.9. The van der Waals surface area contributed by atoms with Gasteiger partial charge in [-0.3, -0.25) is 9.69 Å². The molecule has 0 atom stereocenters. The first-order valence-electron chi connectivity index (χ1n) is 7.41. The van der Waals surface area contributed by atoms with Crippen molar-refractivity contribution in [3.8, 4) is 11.5 Å². The lowest BCUT2D eigenvalue weighted by atomic mass is 10.0. The fourth-order valence-corrected chi connectivity index (χ4v) is 2.29. The van der Waals surface area contributed by atoms with Crippen LogP contribution in [0.15, 0.2) is 24.3 Å². The van der Waals surface area contributed by atoms with E-state index in [1.165, 1.54) is 0 Å². The van der Waals surface area contributed by atoms with E-state index in [1.54, 1.807) is 30.2 Å². The molecule has 0 radical (unpaired) electrons. The number of carbonyl (C=O) groups is 2. The second-order valence-electron chi connectivity index (χ2n) is 5.79. The fourth-order valence-electron chi connectivity index (χ4n) is 2.29. The van der Waals surface area contributed by atoms with Gasteiger partial charge in [0.05, 0.1) is 19.2 Å². The zero-order valence-corrected chi connectivity index (χ0v) is 13.6. The van der Waals surface area contributed by atoms with Crippen LogP contribution in [0.3, 0.4) is 0 Å². The second kappa shape index (κ2) is 7.21. The van der Waals surface area contributed by atoms with Gasteiger partial charge in [0.2, 0.25) is 0 Å². The lowest BCUT2D eigenvalue weighted by molar-refractivity contribution is -0.123. The van der Waals surface area contributed by atoms with E-state index in [0.29, 0.717) is 31.2 Å². The Morgan fingerprint density at radius 2 is 2.04 bits per heavy atom. The van der Waals surface area contributed by atoms with Gasteiger partial charge in [0.15, 0.2) is 18.1 Å². The summed E-state index contributed by atoms with van der Waals surface area (Å²) >= 11 is 0. The predicted octanol–water partition coefficient (Wildman–Crippen LogP) is 1.42. The highest BCUT2D eigenvalue weighted by Crippen LogP contribution is 2.25. The van der Waals surface area contributed by atoms with Crippen LogP contribution in [0.1, 0.15) is 13.8 Å². The molecule has 0 saturated carbocycles. The quantitative estimate of drug-likeness (QED) is 0.821. The Morgan fingerprint density at radius 3 is 2.65 bits per heavy atom. The SMILES string of the molecule is COc1ccccc1OCC(=O)NCC(C)(C)N1CCOC1=O. The van der Waals surface area contributed by atoms with Gasteiger partial charge in [-0.2, -0.15) is 0 Å². The van der Waals surface area contributed by atoms with Crippen molar-refractivity contribution in [2.45, 2.75) is 19.4 Å². The number of amides is 2. The molecule has 0 unspecified atom stereocenters. The van der Waals surface area contributed by atoms with Crippen LogP contribution < -0.4 is 14.8 Å². The number of hydrogen-bond acceptors (Lipinski definition) is 5. The summed E-state index contributed by atoms with van der Waals surface area (Å²) < 4.78 is 15.5. The van der Waals surface area contributed by atoms with Gasteiger partial charge in [-0.1, -0.05) is 12.1 Å². The molecule has 7 heteroatoms. The van der Waals surface area contributed by atoms with E-state index in [4.69, 9.17) is 14.2 Å². The van der Waals surface area contributed by atoms with E-state index in [0.717, 1.165) is 0 Å². The van der Waals surface area contributed by atoms with Gasteiger partial charge in [-0.15, -0.1) is 0 Å². The maximum Gasteiger partial charge on any atom is 0.410 e. The van der Waals surface area contributed by atoms with Crippen molar-refractivity contribution in [3.05, 3.63) is 24.3 Å². The number of hydrogen-bond donors (Lipinski definition) is 1. The number of benzene rings is 1. The van der Waals surface area contributed by atoms with E-state index in [9.17, 15) is 9.59 Å². The first-order chi connectivity index (χ1) is 10.9. The van der Waals surface area contributed by atoms with Crippen molar-refractivity contribution < 1.29 is 23.8 Å². The molecule has 23 heavy (non-hydrogen) atoms. The molecule has 1 saturated heterocycles. The van der Waals surface area contributed by atoms with Crippen molar-refractivity contribution in [1.82, 2.24) is 10.2 Å². The Kier molecular flexibility index (Phi) is 5.31. The molecule has 0 aliphatic carbocycles. The monoisotopic (exact) mass is 322 g/mol. The van der Waals surface area contributed by atoms with Crippen LogP contribution in [0, 0.1) is 0 Å². The molecule has 0 bridgehead atoms. The number of methoxy groups -OCH3 is 1. The number of para-hydroxylation sites is 2. The van der Waals surface area contributed by atoms with Gasteiger partial charge in [0, 0.05) is 6.54 Å². The average molecular weight is 322 g/mol. The highest BCUT2D eigenvalue weighted by Gasteiger charge is 2.35. The summed E-state index contributed by atoms with van der Waals surface area (Å²) in [5.74, 6) is 0.810. The molecule has 2 rings (SSSR count). The standard InChI is InChI=1S/C16H22N2O5/c1-16(2,18-8-9-22-15(18)20)11-17-14(19)10-23-13-7-5-4-6-12(13)21-3/h4-7H,8-11H2,1-3H3,(H,17,19). The molecule has 0 spiro atoms. The third-order valence-corrected chi connectivity index (χ3v) is 3.64. The van der Waals surface area contributed by atoms with Crippen molar-refractivity contribution in [3.63, 3.8) is 0 Å². The molecular formula is C16H22N2O5. The molecule has 0 aromatic heterocycles. The van der Waals surface area contributed by atoms with E-state index in [1.807, 2.05) is 19.9 Å². The van der Waals surface area contributed by atoms with Crippen molar-refractivity contribution >= 4 is 12.0 Å². The number of cyclic esters (lactones) is 1. The summed E-state index contributed by atoms with van der Waals surface area (Å²) in [5.41, 5.74) is -0.520. The number of rotatable bonds is 7. The third kappa shape index (κ3) is 4.28. The molecule has 1 aromatic carbocycles. The molecule has 126 valence electrons. The summed E-state index contributed by atoms with van der Waals surface area (Å²) in [4.78, 5) is 25.2. The minimum atomic E-state index is -0.520. The number of ether oxygens (including phenoxy) is 3. The van der Waals surface area contributed by atoms with E-state index >= 15 is 0 Å². The van der Waals surface area contributed by atoms with E-state index in [2.05, 4.69) is 5.32 Å². The van der Waals surface area contributed by atoms with Crippen LogP contribution >= 0.6 is 0 Å². The molecule has 7 nitrogen and oxygen atoms in total. The highest BCUT2D eigenvalue weighted by atomic mass is 16.6. The Bertz CT molecular complexity index is 573. The van der Waals surface area contributed by atoms with Crippen LogP contribution in [-0.4, -0.2) is 55.9 Å². The molecule has 1 fully saturated rings. The molecule has 1 aliphatic heterocycles. The summed E-state index contributed by atoms with van der Waals surface area (Å²) in [7, 11) is 1.54. The number of nitrogens with zero attached hydrogens (tertiary/aromatic N) is 1. The molecule has 1 N–H and O–H groups in total. The van der Waals surface area contributed by atoms with Crippen molar-refractivity contribution in [2.24, 2.45) is 0 Å². The largest absolute Gasteiger partial charge is 0.493 e. The van der Waals surface area contributed by atoms with Gasteiger partial charge in [0.25, 0.3) is 5.91 Å². The molecular weight excluding hydrogens is 300 g/mol. The number of nitrogens with one attached hydrogen (secondary N) is 1. The minimum absolute atomic E-state index is 0.124. The number of carbonyl (C=O) groups excluding carboxylic acids is 2. The third-order valence-electron chi connectivity index (χ3n) is 3.64. The zero-order valence-electron chi connectivity index (χ0n) is 13.6. The molecule has 1 aliphatic rings. The van der Waals surface area contributed by atoms with Crippen LogP contribution in [0.4, 0.5) is 4.79 Å². The smallest absolute Gasteiger partial charge is 0.410 e. The van der Waals surface area contributed by atoms with E-state index in [-0.39, 0.29) is 18.6 Å². The topological polar surface area (TPSA) is 77.1 Å². The van der Waals surface area contributed by atoms with Gasteiger partial charge >= 0.3 is 6.09 Å². The predicted molar refractivity (Wildman–Crippen MR) is 83.6 cm³/mol. The summed E-state index contributed by atoms with van der Waals surface area (Å²) in [6.45, 7) is 4.85. The lowest BCUT2D eigenvalue weighted by Gasteiger charge is -2.33. The summed E-state index contributed by atoms with van der Waals surface area (Å²) in [5, 5.41) is 2.77.